The van der Waals surface area contributed by atoms with E-state index in [1.807, 2.05) is 11.8 Å². The van der Waals surface area contributed by atoms with Crippen molar-refractivity contribution in [2.45, 2.75) is 25.8 Å². The van der Waals surface area contributed by atoms with E-state index < -0.39 is 25.0 Å². The Labute approximate surface area is 251 Å². The average Bonchev–Trinajstić information content (AvgIpc) is 3.01. The summed E-state index contributed by atoms with van der Waals surface area (Å²) in [5.41, 5.74) is 1.18. The number of aryl methyl sites for hydroxylation is 1. The summed E-state index contributed by atoms with van der Waals surface area (Å²) < 4.78 is 29.2. The Kier molecular flexibility index (Phi) is 8.63. The van der Waals surface area contributed by atoms with E-state index in [-0.39, 0.29) is 39.7 Å². The summed E-state index contributed by atoms with van der Waals surface area (Å²) >= 11 is 6.81. The topological polar surface area (TPSA) is 101 Å². The number of anilines is 1. The number of halogens is 3. The minimum absolute atomic E-state index is 0.0551. The number of nitrogens with zero attached hydrogens (tertiary/aromatic N) is 6. The van der Waals surface area contributed by atoms with Gasteiger partial charge in [0.25, 0.3) is 0 Å². The SMILES string of the molecule is C=CC(=O)N1CCN(c2nc(=O)n(-c3c(C)ccnc3C(CF)CF)c3nc(-c4ccccc4C=O)c(Cl)cc23)[C@@H](C)C1. The monoisotopic (exact) mass is 606 g/mol. The summed E-state index contributed by atoms with van der Waals surface area (Å²) in [5, 5.41) is 0.607. The van der Waals surface area contributed by atoms with Crippen LogP contribution in [-0.2, 0) is 4.79 Å². The van der Waals surface area contributed by atoms with E-state index in [1.165, 1.54) is 16.8 Å². The van der Waals surface area contributed by atoms with Crippen LogP contribution < -0.4 is 10.6 Å². The second-order valence-corrected chi connectivity index (χ2v) is 10.8. The van der Waals surface area contributed by atoms with Crippen LogP contribution in [0.5, 0.6) is 0 Å². The highest BCUT2D eigenvalue weighted by Crippen LogP contribution is 2.36. The maximum atomic E-state index is 14.0. The van der Waals surface area contributed by atoms with Crippen molar-refractivity contribution in [1.29, 1.82) is 0 Å². The number of benzene rings is 1. The number of carbonyl (C=O) groups is 2. The average molecular weight is 607 g/mol. The number of piperazine rings is 1. The summed E-state index contributed by atoms with van der Waals surface area (Å²) in [6.07, 6.45) is 3.38. The molecule has 0 bridgehead atoms. The van der Waals surface area contributed by atoms with Gasteiger partial charge in [-0.25, -0.2) is 14.3 Å². The molecule has 4 aromatic rings. The molecule has 1 fully saturated rings. The number of aldehydes is 1. The number of hydrogen-bond donors (Lipinski definition) is 0. The van der Waals surface area contributed by atoms with Crippen LogP contribution in [0.1, 0.15) is 34.5 Å². The first-order chi connectivity index (χ1) is 20.7. The zero-order valence-corrected chi connectivity index (χ0v) is 24.4. The van der Waals surface area contributed by atoms with Gasteiger partial charge in [0.05, 0.1) is 33.4 Å². The summed E-state index contributed by atoms with van der Waals surface area (Å²) in [6.45, 7) is 6.22. The lowest BCUT2D eigenvalue weighted by atomic mass is 10.0. The lowest BCUT2D eigenvalue weighted by Crippen LogP contribution is -2.54. The second kappa shape index (κ2) is 12.4. The molecule has 1 aromatic carbocycles. The van der Waals surface area contributed by atoms with Gasteiger partial charge < -0.3 is 9.80 Å². The van der Waals surface area contributed by atoms with Gasteiger partial charge >= 0.3 is 5.69 Å². The van der Waals surface area contributed by atoms with Gasteiger partial charge in [-0.15, -0.1) is 0 Å². The molecular formula is C31H29ClF2N6O3. The van der Waals surface area contributed by atoms with Gasteiger partial charge in [0.2, 0.25) is 5.91 Å². The quantitative estimate of drug-likeness (QED) is 0.208. The summed E-state index contributed by atoms with van der Waals surface area (Å²) in [4.78, 5) is 55.3. The third kappa shape index (κ3) is 5.40. The minimum Gasteiger partial charge on any atom is -0.350 e. The van der Waals surface area contributed by atoms with Crippen LogP contribution in [0.2, 0.25) is 5.02 Å². The number of amides is 1. The lowest BCUT2D eigenvalue weighted by molar-refractivity contribution is -0.126. The molecule has 43 heavy (non-hydrogen) atoms. The summed E-state index contributed by atoms with van der Waals surface area (Å²) in [7, 11) is 0. The molecule has 1 aliphatic heterocycles. The lowest BCUT2D eigenvalue weighted by Gasteiger charge is -2.40. The molecule has 1 aliphatic rings. The first-order valence-corrected chi connectivity index (χ1v) is 14.0. The zero-order chi connectivity index (χ0) is 30.8. The third-order valence-electron chi connectivity index (χ3n) is 7.67. The van der Waals surface area contributed by atoms with Crippen molar-refractivity contribution in [1.82, 2.24) is 24.4 Å². The molecule has 0 N–H and O–H groups in total. The molecule has 0 saturated carbocycles. The molecule has 0 unspecified atom stereocenters. The number of pyridine rings is 2. The summed E-state index contributed by atoms with van der Waals surface area (Å²) in [6, 6.07) is 9.77. The Bertz CT molecular complexity index is 1790. The van der Waals surface area contributed by atoms with Crippen LogP contribution in [0.15, 0.2) is 60.0 Å². The molecule has 1 saturated heterocycles. The molecule has 0 aliphatic carbocycles. The van der Waals surface area contributed by atoms with E-state index in [2.05, 4.69) is 16.5 Å². The van der Waals surface area contributed by atoms with Crippen molar-refractivity contribution >= 4 is 40.6 Å². The van der Waals surface area contributed by atoms with Gasteiger partial charge in [-0.05, 0) is 37.6 Å². The molecule has 9 nitrogen and oxygen atoms in total. The number of carbonyl (C=O) groups excluding carboxylic acids is 2. The first-order valence-electron chi connectivity index (χ1n) is 13.7. The van der Waals surface area contributed by atoms with Crippen molar-refractivity contribution in [2.24, 2.45) is 0 Å². The van der Waals surface area contributed by atoms with E-state index in [4.69, 9.17) is 16.6 Å². The van der Waals surface area contributed by atoms with Crippen LogP contribution in [0.4, 0.5) is 14.6 Å². The second-order valence-electron chi connectivity index (χ2n) is 10.3. The van der Waals surface area contributed by atoms with Gasteiger partial charge in [0, 0.05) is 43.0 Å². The first kappa shape index (κ1) is 30.0. The predicted octanol–water partition coefficient (Wildman–Crippen LogP) is 4.86. The van der Waals surface area contributed by atoms with Crippen molar-refractivity contribution in [3.8, 4) is 16.9 Å². The molecule has 222 valence electrons. The maximum absolute atomic E-state index is 14.0. The Morgan fingerprint density at radius 1 is 1.19 bits per heavy atom. The van der Waals surface area contributed by atoms with Crippen molar-refractivity contribution in [3.63, 3.8) is 0 Å². The molecule has 5 rings (SSSR count). The number of hydrogen-bond acceptors (Lipinski definition) is 7. The van der Waals surface area contributed by atoms with E-state index >= 15 is 0 Å². The Hall–Kier alpha value is -4.51. The Morgan fingerprint density at radius 2 is 1.93 bits per heavy atom. The maximum Gasteiger partial charge on any atom is 0.355 e. The standard InChI is InChI=1S/C31H29ClF2N6O3/c1-4-25(42)38-11-12-39(19(3)16-38)29-23-13-24(32)27(22-8-6-5-7-20(22)17-41)36-30(23)40(31(43)37-29)28-18(2)9-10-35-26(28)21(14-33)15-34/h4-10,13,17,19,21H,1,11-12,14-16H2,2-3H3/t19-/m0/s1. The molecule has 1 atom stereocenters. The number of fused-ring (bicyclic) bond motifs is 1. The van der Waals surface area contributed by atoms with Crippen molar-refractivity contribution in [3.05, 3.63) is 87.6 Å². The smallest absolute Gasteiger partial charge is 0.350 e. The van der Waals surface area contributed by atoms with Crippen LogP contribution >= 0.6 is 11.6 Å². The van der Waals surface area contributed by atoms with Gasteiger partial charge in [-0.2, -0.15) is 4.98 Å². The zero-order valence-electron chi connectivity index (χ0n) is 23.6. The largest absolute Gasteiger partial charge is 0.355 e. The van der Waals surface area contributed by atoms with Crippen molar-refractivity contribution < 1.29 is 18.4 Å². The van der Waals surface area contributed by atoms with Gasteiger partial charge in [0.15, 0.2) is 11.9 Å². The third-order valence-corrected chi connectivity index (χ3v) is 7.96. The normalized spacial score (nSPS) is 15.3. The Balaban J connectivity index is 1.83. The number of alkyl halides is 2. The number of rotatable bonds is 8. The molecule has 0 spiro atoms. The van der Waals surface area contributed by atoms with Crippen LogP contribution in [0.3, 0.4) is 0 Å². The predicted molar refractivity (Wildman–Crippen MR) is 162 cm³/mol. The fourth-order valence-corrected chi connectivity index (χ4v) is 5.73. The fourth-order valence-electron chi connectivity index (χ4n) is 5.48. The van der Waals surface area contributed by atoms with Crippen LogP contribution in [0, 0.1) is 6.92 Å². The molecule has 1 amide bonds. The minimum atomic E-state index is -1.21. The highest BCUT2D eigenvalue weighted by atomic mass is 35.5. The van der Waals surface area contributed by atoms with E-state index in [0.717, 1.165) is 0 Å². The molecule has 0 radical (unpaired) electrons. The highest BCUT2D eigenvalue weighted by molar-refractivity contribution is 6.34. The highest BCUT2D eigenvalue weighted by Gasteiger charge is 2.31. The Morgan fingerprint density at radius 3 is 2.60 bits per heavy atom. The van der Waals surface area contributed by atoms with E-state index in [1.54, 1.807) is 48.2 Å². The van der Waals surface area contributed by atoms with Crippen molar-refractivity contribution in [2.75, 3.05) is 37.9 Å². The van der Waals surface area contributed by atoms with Gasteiger partial charge in [-0.3, -0.25) is 23.4 Å². The molecule has 12 heteroatoms. The van der Waals surface area contributed by atoms with E-state index in [9.17, 15) is 23.2 Å². The number of aromatic nitrogens is 4. The van der Waals surface area contributed by atoms with E-state index in [0.29, 0.717) is 53.8 Å². The van der Waals surface area contributed by atoms with Gasteiger partial charge in [0.1, 0.15) is 19.2 Å². The molecule has 4 heterocycles. The van der Waals surface area contributed by atoms with Crippen LogP contribution in [-0.4, -0.2) is 75.6 Å². The molecular weight excluding hydrogens is 578 g/mol. The van der Waals surface area contributed by atoms with Gasteiger partial charge in [-0.1, -0.05) is 42.4 Å². The molecule has 3 aromatic heterocycles. The summed E-state index contributed by atoms with van der Waals surface area (Å²) in [5.74, 6) is -1.11. The van der Waals surface area contributed by atoms with Crippen LogP contribution in [0.25, 0.3) is 28.0 Å². The fraction of sp³-hybridized carbons (Fsp3) is 0.290.